The van der Waals surface area contributed by atoms with E-state index in [1.165, 1.54) is 17.0 Å². The van der Waals surface area contributed by atoms with Gasteiger partial charge in [-0.2, -0.15) is 0 Å². The lowest BCUT2D eigenvalue weighted by atomic mass is 9.69. The summed E-state index contributed by atoms with van der Waals surface area (Å²) >= 11 is 0. The molecular weight excluding hydrogens is 470 g/mol. The SMILES string of the molecule is O=C1[C@H]2ON(c3ccccc3)[C@H](c3ccccc3)[C@@]2(c2ccc([N+](=O)[O-])cc2)C(=O)N1c1ccccc1. The molecular formula is C29H21N3O5. The Balaban J connectivity index is 1.62. The van der Waals surface area contributed by atoms with Crippen LogP contribution in [-0.2, 0) is 19.8 Å². The number of fused-ring (bicyclic) bond motifs is 1. The van der Waals surface area contributed by atoms with E-state index in [1.54, 1.807) is 41.5 Å². The van der Waals surface area contributed by atoms with Crippen LogP contribution in [-0.4, -0.2) is 22.8 Å². The van der Waals surface area contributed by atoms with Crippen LogP contribution >= 0.6 is 0 Å². The van der Waals surface area contributed by atoms with Crippen molar-refractivity contribution >= 4 is 28.9 Å². The number of nitro groups is 1. The second-order valence-corrected chi connectivity index (χ2v) is 8.95. The minimum absolute atomic E-state index is 0.108. The van der Waals surface area contributed by atoms with Crippen molar-refractivity contribution in [1.82, 2.24) is 0 Å². The first kappa shape index (κ1) is 22.6. The Bertz CT molecular complexity index is 1480. The highest BCUT2D eigenvalue weighted by atomic mass is 16.7. The number of rotatable bonds is 5. The fraction of sp³-hybridized carbons (Fsp3) is 0.103. The Morgan fingerprint density at radius 3 is 1.84 bits per heavy atom. The molecule has 0 aromatic heterocycles. The number of hydrogen-bond donors (Lipinski definition) is 0. The van der Waals surface area contributed by atoms with Crippen molar-refractivity contribution in [3.05, 3.63) is 137 Å². The molecule has 2 amide bonds. The first-order valence-electron chi connectivity index (χ1n) is 11.8. The van der Waals surface area contributed by atoms with Crippen molar-refractivity contribution in [3.8, 4) is 0 Å². The third-order valence-electron chi connectivity index (χ3n) is 7.00. The number of carbonyl (C=O) groups is 2. The molecule has 0 radical (unpaired) electrons. The van der Waals surface area contributed by atoms with Gasteiger partial charge in [-0.15, -0.1) is 0 Å². The largest absolute Gasteiger partial charge is 0.273 e. The van der Waals surface area contributed by atoms with E-state index in [0.717, 1.165) is 5.56 Å². The predicted octanol–water partition coefficient (Wildman–Crippen LogP) is 4.97. The molecule has 182 valence electrons. The fourth-order valence-electron chi connectivity index (χ4n) is 5.39. The van der Waals surface area contributed by atoms with Crippen molar-refractivity contribution in [2.75, 3.05) is 9.96 Å². The van der Waals surface area contributed by atoms with Crippen molar-refractivity contribution in [2.24, 2.45) is 0 Å². The highest BCUT2D eigenvalue weighted by molar-refractivity contribution is 6.28. The molecule has 0 saturated carbocycles. The van der Waals surface area contributed by atoms with E-state index >= 15 is 0 Å². The number of non-ortho nitro benzene ring substituents is 1. The van der Waals surface area contributed by atoms with Crippen LogP contribution in [0.25, 0.3) is 0 Å². The van der Waals surface area contributed by atoms with E-state index in [2.05, 4.69) is 0 Å². The van der Waals surface area contributed by atoms with Gasteiger partial charge in [0.05, 0.1) is 16.3 Å². The van der Waals surface area contributed by atoms with Gasteiger partial charge in [0.15, 0.2) is 6.10 Å². The standard InChI is InChI=1S/C29H21N3O5/c33-27-26-29(21-16-18-24(19-17-21)32(35)36,28(34)30(27)22-12-6-2-7-13-22)25(20-10-4-1-5-11-20)31(37-26)23-14-8-3-9-15-23/h1-19,25-26H/t25-,26-,29-/m1/s1. The number of carbonyl (C=O) groups excluding carboxylic acids is 2. The molecule has 8 nitrogen and oxygen atoms in total. The monoisotopic (exact) mass is 491 g/mol. The minimum atomic E-state index is -1.50. The lowest BCUT2D eigenvalue weighted by Crippen LogP contribution is -2.46. The highest BCUT2D eigenvalue weighted by Crippen LogP contribution is 2.57. The maximum Gasteiger partial charge on any atom is 0.269 e. The van der Waals surface area contributed by atoms with Crippen LogP contribution in [0.1, 0.15) is 17.2 Å². The Morgan fingerprint density at radius 1 is 0.730 bits per heavy atom. The summed E-state index contributed by atoms with van der Waals surface area (Å²) in [5.41, 5.74) is 0.742. The number of nitro benzene ring substituents is 1. The van der Waals surface area contributed by atoms with E-state index < -0.39 is 34.3 Å². The summed E-state index contributed by atoms with van der Waals surface area (Å²) in [5.74, 6) is -0.941. The molecule has 2 saturated heterocycles. The van der Waals surface area contributed by atoms with E-state index in [0.29, 0.717) is 16.9 Å². The molecule has 37 heavy (non-hydrogen) atoms. The predicted molar refractivity (Wildman–Crippen MR) is 137 cm³/mol. The zero-order valence-electron chi connectivity index (χ0n) is 19.5. The van der Waals surface area contributed by atoms with Gasteiger partial charge in [-0.25, -0.2) is 9.96 Å². The van der Waals surface area contributed by atoms with Gasteiger partial charge in [-0.3, -0.25) is 24.5 Å². The van der Waals surface area contributed by atoms with E-state index in [-0.39, 0.29) is 5.69 Å². The van der Waals surface area contributed by atoms with Gasteiger partial charge >= 0.3 is 0 Å². The van der Waals surface area contributed by atoms with Gasteiger partial charge in [-0.1, -0.05) is 78.9 Å². The molecule has 3 atom stereocenters. The quantitative estimate of drug-likeness (QED) is 0.222. The Kier molecular flexibility index (Phi) is 5.31. The Hall–Kier alpha value is -4.82. The van der Waals surface area contributed by atoms with Crippen molar-refractivity contribution in [1.29, 1.82) is 0 Å². The summed E-state index contributed by atoms with van der Waals surface area (Å²) in [5, 5.41) is 13.0. The third-order valence-corrected chi connectivity index (χ3v) is 7.00. The van der Waals surface area contributed by atoms with Gasteiger partial charge in [0.25, 0.3) is 11.6 Å². The summed E-state index contributed by atoms with van der Waals surface area (Å²) in [6.07, 6.45) is -1.19. The maximum atomic E-state index is 14.6. The molecule has 4 aromatic carbocycles. The minimum Gasteiger partial charge on any atom is -0.273 e. The zero-order valence-corrected chi connectivity index (χ0v) is 19.5. The van der Waals surface area contributed by atoms with Crippen LogP contribution in [0.2, 0.25) is 0 Å². The molecule has 0 spiro atoms. The maximum absolute atomic E-state index is 14.6. The number of para-hydroxylation sites is 2. The average Bonchev–Trinajstić information content (AvgIpc) is 3.41. The van der Waals surface area contributed by atoms with Gasteiger partial charge in [-0.05, 0) is 35.4 Å². The summed E-state index contributed by atoms with van der Waals surface area (Å²) < 4.78 is 0. The molecule has 2 aliphatic heterocycles. The number of anilines is 2. The molecule has 0 bridgehead atoms. The normalized spacial score (nSPS) is 22.8. The molecule has 6 rings (SSSR count). The van der Waals surface area contributed by atoms with E-state index in [9.17, 15) is 19.7 Å². The summed E-state index contributed by atoms with van der Waals surface area (Å²) in [6.45, 7) is 0. The summed E-state index contributed by atoms with van der Waals surface area (Å²) in [4.78, 5) is 47.0. The van der Waals surface area contributed by atoms with Crippen molar-refractivity contribution in [2.45, 2.75) is 17.6 Å². The van der Waals surface area contributed by atoms with Crippen LogP contribution in [0, 0.1) is 10.1 Å². The van der Waals surface area contributed by atoms with Crippen molar-refractivity contribution in [3.63, 3.8) is 0 Å². The van der Waals surface area contributed by atoms with Gasteiger partial charge < -0.3 is 0 Å². The van der Waals surface area contributed by atoms with E-state index in [1.807, 2.05) is 66.7 Å². The highest BCUT2D eigenvalue weighted by Gasteiger charge is 2.72. The van der Waals surface area contributed by atoms with Crippen LogP contribution in [0.4, 0.5) is 17.1 Å². The Morgan fingerprint density at radius 2 is 1.27 bits per heavy atom. The van der Waals surface area contributed by atoms with Crippen LogP contribution in [0.5, 0.6) is 0 Å². The molecule has 2 fully saturated rings. The number of amides is 2. The van der Waals surface area contributed by atoms with Gasteiger partial charge in [0, 0.05) is 12.1 Å². The van der Waals surface area contributed by atoms with Gasteiger partial charge in [0.1, 0.15) is 11.5 Å². The smallest absolute Gasteiger partial charge is 0.269 e. The van der Waals surface area contributed by atoms with Crippen molar-refractivity contribution < 1.29 is 19.3 Å². The number of imide groups is 1. The van der Waals surface area contributed by atoms with E-state index in [4.69, 9.17) is 4.84 Å². The second kappa shape index (κ2) is 8.69. The number of benzene rings is 4. The molecule has 4 aromatic rings. The Labute approximate surface area is 212 Å². The summed E-state index contributed by atoms with van der Waals surface area (Å²) in [7, 11) is 0. The zero-order chi connectivity index (χ0) is 25.6. The number of hydrogen-bond acceptors (Lipinski definition) is 6. The number of nitrogens with zero attached hydrogens (tertiary/aromatic N) is 3. The fourth-order valence-corrected chi connectivity index (χ4v) is 5.39. The topological polar surface area (TPSA) is 93.0 Å². The lowest BCUT2D eigenvalue weighted by molar-refractivity contribution is -0.384. The molecule has 0 aliphatic carbocycles. The summed E-state index contributed by atoms with van der Waals surface area (Å²) in [6, 6.07) is 32.5. The molecule has 8 heteroatoms. The average molecular weight is 492 g/mol. The second-order valence-electron chi connectivity index (χ2n) is 8.95. The van der Waals surface area contributed by atoms with Crippen LogP contribution in [0.3, 0.4) is 0 Å². The molecule has 0 N–H and O–H groups in total. The molecule has 2 heterocycles. The first-order valence-corrected chi connectivity index (χ1v) is 11.8. The van der Waals surface area contributed by atoms with Gasteiger partial charge in [0.2, 0.25) is 5.91 Å². The molecule has 0 unspecified atom stereocenters. The van der Waals surface area contributed by atoms with Crippen LogP contribution < -0.4 is 9.96 Å². The lowest BCUT2D eigenvalue weighted by Gasteiger charge is -2.35. The number of hydroxylamine groups is 1. The van der Waals surface area contributed by atoms with Crippen LogP contribution in [0.15, 0.2) is 115 Å². The molecule has 2 aliphatic rings. The first-order chi connectivity index (χ1) is 18.0. The third kappa shape index (κ3) is 3.34.